The van der Waals surface area contributed by atoms with Gasteiger partial charge in [-0.2, -0.15) is 0 Å². The molecule has 1 N–H and O–H groups in total. The first-order chi connectivity index (χ1) is 10.6. The van der Waals surface area contributed by atoms with Crippen molar-refractivity contribution in [3.8, 4) is 5.69 Å². The molecule has 3 aromatic rings. The third-order valence-corrected chi connectivity index (χ3v) is 3.63. The molecule has 3 nitrogen and oxygen atoms in total. The summed E-state index contributed by atoms with van der Waals surface area (Å²) in [4.78, 5) is 12.4. The van der Waals surface area contributed by atoms with Crippen LogP contribution in [-0.2, 0) is 0 Å². The highest BCUT2D eigenvalue weighted by molar-refractivity contribution is 6.04. The molecule has 0 aliphatic rings. The van der Waals surface area contributed by atoms with E-state index in [0.717, 1.165) is 22.5 Å². The van der Waals surface area contributed by atoms with Gasteiger partial charge in [-0.25, -0.2) is 0 Å². The molecule has 1 heterocycles. The summed E-state index contributed by atoms with van der Waals surface area (Å²) in [7, 11) is 0. The Hall–Kier alpha value is -2.81. The third kappa shape index (κ3) is 2.93. The molecule has 0 radical (unpaired) electrons. The van der Waals surface area contributed by atoms with Crippen LogP contribution in [0.5, 0.6) is 0 Å². The number of carbonyl (C=O) groups is 1. The summed E-state index contributed by atoms with van der Waals surface area (Å²) in [5.41, 5.74) is 4.73. The van der Waals surface area contributed by atoms with E-state index in [1.54, 1.807) is 0 Å². The molecule has 3 rings (SSSR count). The monoisotopic (exact) mass is 290 g/mol. The summed E-state index contributed by atoms with van der Waals surface area (Å²) >= 11 is 0. The van der Waals surface area contributed by atoms with Gasteiger partial charge in [-0.1, -0.05) is 18.2 Å². The fourth-order valence-corrected chi connectivity index (χ4v) is 2.45. The highest BCUT2D eigenvalue weighted by Gasteiger charge is 2.09. The summed E-state index contributed by atoms with van der Waals surface area (Å²) in [5.74, 6) is -0.0981. The average molecular weight is 290 g/mol. The number of hydrogen-bond donors (Lipinski definition) is 1. The number of rotatable bonds is 3. The second-order valence-electron chi connectivity index (χ2n) is 5.42. The lowest BCUT2D eigenvalue weighted by molar-refractivity contribution is 0.102. The molecular weight excluding hydrogens is 272 g/mol. The van der Waals surface area contributed by atoms with Crippen LogP contribution in [0.25, 0.3) is 5.69 Å². The van der Waals surface area contributed by atoms with Crippen LogP contribution in [0.3, 0.4) is 0 Å². The number of aryl methyl sites for hydroxylation is 2. The van der Waals surface area contributed by atoms with Gasteiger partial charge >= 0.3 is 0 Å². The molecule has 0 aliphatic heterocycles. The van der Waals surface area contributed by atoms with Crippen molar-refractivity contribution in [3.63, 3.8) is 0 Å². The smallest absolute Gasteiger partial charge is 0.255 e. The van der Waals surface area contributed by atoms with E-state index in [1.165, 1.54) is 0 Å². The highest BCUT2D eigenvalue weighted by atomic mass is 16.1. The number of anilines is 1. The van der Waals surface area contributed by atoms with E-state index in [4.69, 9.17) is 0 Å². The molecule has 0 aliphatic carbocycles. The normalized spacial score (nSPS) is 10.5. The molecule has 3 heteroatoms. The van der Waals surface area contributed by atoms with Gasteiger partial charge in [-0.05, 0) is 61.4 Å². The first kappa shape index (κ1) is 14.1. The van der Waals surface area contributed by atoms with Crippen molar-refractivity contribution >= 4 is 11.6 Å². The third-order valence-electron chi connectivity index (χ3n) is 3.63. The summed E-state index contributed by atoms with van der Waals surface area (Å²) in [6.07, 6.45) is 3.95. The predicted octanol–water partition coefficient (Wildman–Crippen LogP) is 4.35. The van der Waals surface area contributed by atoms with Gasteiger partial charge in [0.05, 0.1) is 0 Å². The van der Waals surface area contributed by atoms with E-state index in [1.807, 2.05) is 85.4 Å². The predicted molar refractivity (Wildman–Crippen MR) is 89.6 cm³/mol. The van der Waals surface area contributed by atoms with Gasteiger partial charge in [0, 0.05) is 29.3 Å². The van der Waals surface area contributed by atoms with Crippen LogP contribution >= 0.6 is 0 Å². The van der Waals surface area contributed by atoms with Crippen LogP contribution in [0.2, 0.25) is 0 Å². The first-order valence-electron chi connectivity index (χ1n) is 7.25. The number of hydrogen-bond acceptors (Lipinski definition) is 1. The molecule has 2 aromatic carbocycles. The second-order valence-corrected chi connectivity index (χ2v) is 5.42. The van der Waals surface area contributed by atoms with Crippen molar-refractivity contribution < 1.29 is 4.79 Å². The van der Waals surface area contributed by atoms with E-state index < -0.39 is 0 Å². The number of nitrogens with one attached hydrogen (secondary N) is 1. The van der Waals surface area contributed by atoms with Gasteiger partial charge in [0.2, 0.25) is 0 Å². The lowest BCUT2D eigenvalue weighted by Gasteiger charge is -2.11. The fraction of sp³-hybridized carbons (Fsp3) is 0.105. The van der Waals surface area contributed by atoms with Crippen molar-refractivity contribution in [1.29, 1.82) is 0 Å². The van der Waals surface area contributed by atoms with Gasteiger partial charge in [0.25, 0.3) is 5.91 Å². The Morgan fingerprint density at radius 2 is 1.73 bits per heavy atom. The Kier molecular flexibility index (Phi) is 3.79. The highest BCUT2D eigenvalue weighted by Crippen LogP contribution is 2.18. The molecule has 0 spiro atoms. The SMILES string of the molecule is Cc1cccc(NC(=O)c2ccc(C)c(-n3cccc3)c2)c1. The molecule has 0 atom stereocenters. The minimum atomic E-state index is -0.0981. The molecule has 110 valence electrons. The quantitative estimate of drug-likeness (QED) is 0.764. The van der Waals surface area contributed by atoms with Crippen molar-refractivity contribution in [2.45, 2.75) is 13.8 Å². The van der Waals surface area contributed by atoms with Gasteiger partial charge in [-0.15, -0.1) is 0 Å². The van der Waals surface area contributed by atoms with Crippen molar-refractivity contribution in [3.05, 3.63) is 83.7 Å². The fourth-order valence-electron chi connectivity index (χ4n) is 2.45. The summed E-state index contributed by atoms with van der Waals surface area (Å²) in [6.45, 7) is 4.04. The van der Waals surface area contributed by atoms with Crippen LogP contribution in [0.4, 0.5) is 5.69 Å². The molecule has 0 bridgehead atoms. The Labute approximate surface area is 130 Å². The van der Waals surface area contributed by atoms with Crippen LogP contribution in [0.15, 0.2) is 67.0 Å². The number of amides is 1. The van der Waals surface area contributed by atoms with Crippen LogP contribution in [0.1, 0.15) is 21.5 Å². The summed E-state index contributed by atoms with van der Waals surface area (Å²) in [5, 5.41) is 2.94. The number of benzene rings is 2. The Balaban J connectivity index is 1.89. The molecule has 0 saturated carbocycles. The second kappa shape index (κ2) is 5.90. The average Bonchev–Trinajstić information content (AvgIpc) is 3.01. The van der Waals surface area contributed by atoms with E-state index in [-0.39, 0.29) is 5.91 Å². The van der Waals surface area contributed by atoms with Crippen molar-refractivity contribution in [1.82, 2.24) is 4.57 Å². The minimum absolute atomic E-state index is 0.0981. The number of carbonyl (C=O) groups excluding carboxylic acids is 1. The zero-order chi connectivity index (χ0) is 15.5. The first-order valence-corrected chi connectivity index (χ1v) is 7.25. The Bertz CT molecular complexity index is 804. The lowest BCUT2D eigenvalue weighted by Crippen LogP contribution is -2.12. The molecule has 1 amide bonds. The maximum atomic E-state index is 12.4. The molecule has 22 heavy (non-hydrogen) atoms. The lowest BCUT2D eigenvalue weighted by atomic mass is 10.1. The zero-order valence-corrected chi connectivity index (χ0v) is 12.7. The maximum Gasteiger partial charge on any atom is 0.255 e. The number of aromatic nitrogens is 1. The van der Waals surface area contributed by atoms with Gasteiger partial charge < -0.3 is 9.88 Å². The van der Waals surface area contributed by atoms with Crippen molar-refractivity contribution in [2.75, 3.05) is 5.32 Å². The van der Waals surface area contributed by atoms with Gasteiger partial charge in [-0.3, -0.25) is 4.79 Å². The maximum absolute atomic E-state index is 12.4. The molecule has 1 aromatic heterocycles. The molecule has 0 saturated heterocycles. The molecule has 0 fully saturated rings. The van der Waals surface area contributed by atoms with Gasteiger partial charge in [0.1, 0.15) is 0 Å². The van der Waals surface area contributed by atoms with Crippen LogP contribution in [-0.4, -0.2) is 10.5 Å². The van der Waals surface area contributed by atoms with E-state index in [2.05, 4.69) is 5.32 Å². The van der Waals surface area contributed by atoms with E-state index in [9.17, 15) is 4.79 Å². The standard InChI is InChI=1S/C19H18N2O/c1-14-6-5-7-17(12-14)20-19(22)16-9-8-15(2)18(13-16)21-10-3-4-11-21/h3-13H,1-2H3,(H,20,22). The Morgan fingerprint density at radius 3 is 2.45 bits per heavy atom. The molecular formula is C19H18N2O. The minimum Gasteiger partial charge on any atom is -0.324 e. The summed E-state index contributed by atoms with van der Waals surface area (Å²) in [6, 6.07) is 17.5. The molecule has 0 unspecified atom stereocenters. The van der Waals surface area contributed by atoms with Crippen molar-refractivity contribution in [2.24, 2.45) is 0 Å². The Morgan fingerprint density at radius 1 is 0.955 bits per heavy atom. The van der Waals surface area contributed by atoms with Crippen LogP contribution in [0, 0.1) is 13.8 Å². The summed E-state index contributed by atoms with van der Waals surface area (Å²) < 4.78 is 2.01. The zero-order valence-electron chi connectivity index (χ0n) is 12.7. The van der Waals surface area contributed by atoms with E-state index >= 15 is 0 Å². The van der Waals surface area contributed by atoms with Crippen LogP contribution < -0.4 is 5.32 Å². The van der Waals surface area contributed by atoms with Gasteiger partial charge in [0.15, 0.2) is 0 Å². The number of nitrogens with zero attached hydrogens (tertiary/aromatic N) is 1. The largest absolute Gasteiger partial charge is 0.324 e. The van der Waals surface area contributed by atoms with E-state index in [0.29, 0.717) is 5.56 Å². The topological polar surface area (TPSA) is 34.0 Å².